The molecule has 3 rings (SSSR count). The van der Waals surface area contributed by atoms with E-state index in [2.05, 4.69) is 20.0 Å². The lowest BCUT2D eigenvalue weighted by Gasteiger charge is -2.13. The summed E-state index contributed by atoms with van der Waals surface area (Å²) in [7, 11) is -0.628. The van der Waals surface area contributed by atoms with E-state index in [1.54, 1.807) is 24.1 Å². The van der Waals surface area contributed by atoms with Crippen LogP contribution in [0.1, 0.15) is 5.56 Å². The lowest BCUT2D eigenvalue weighted by Crippen LogP contribution is -2.18. The maximum Gasteiger partial charge on any atom is 0.417 e. The first-order valence-electron chi connectivity index (χ1n) is 7.96. The second-order valence-electron chi connectivity index (χ2n) is 5.89. The standard InChI is InChI=1S/C17H16F3N5O2S/c1-21-28(26,27)12-4-5-14(13(7-12)15-9-25(2)10-23-15)24-16-6-3-11(8-22-16)17(18,19)20/h3-10,21H,1-2H3,(H,22,24). The van der Waals surface area contributed by atoms with Crippen LogP contribution in [0.4, 0.5) is 24.7 Å². The number of hydrogen-bond donors (Lipinski definition) is 2. The number of nitrogens with zero attached hydrogens (tertiary/aromatic N) is 3. The first-order valence-corrected chi connectivity index (χ1v) is 9.44. The summed E-state index contributed by atoms with van der Waals surface area (Å²) in [5, 5.41) is 2.91. The van der Waals surface area contributed by atoms with Gasteiger partial charge in [0.05, 0.1) is 22.5 Å². The van der Waals surface area contributed by atoms with Crippen molar-refractivity contribution in [2.24, 2.45) is 7.05 Å². The Balaban J connectivity index is 2.03. The van der Waals surface area contributed by atoms with Crippen LogP contribution < -0.4 is 10.0 Å². The normalized spacial score (nSPS) is 12.2. The molecule has 0 fully saturated rings. The smallest absolute Gasteiger partial charge is 0.340 e. The van der Waals surface area contributed by atoms with Crippen LogP contribution in [0.25, 0.3) is 11.3 Å². The number of hydrogen-bond acceptors (Lipinski definition) is 5. The number of anilines is 2. The topological polar surface area (TPSA) is 88.9 Å². The number of pyridine rings is 1. The zero-order chi connectivity index (χ0) is 20.5. The Bertz CT molecular complexity index is 1090. The van der Waals surface area contributed by atoms with Gasteiger partial charge in [0.15, 0.2) is 0 Å². The third-order valence-corrected chi connectivity index (χ3v) is 5.32. The molecule has 0 amide bonds. The average Bonchev–Trinajstić information content (AvgIpc) is 3.08. The molecule has 0 saturated carbocycles. The Kier molecular flexibility index (Phi) is 5.13. The van der Waals surface area contributed by atoms with E-state index in [-0.39, 0.29) is 10.7 Å². The van der Waals surface area contributed by atoms with E-state index < -0.39 is 21.8 Å². The van der Waals surface area contributed by atoms with Gasteiger partial charge < -0.3 is 9.88 Å². The fourth-order valence-electron chi connectivity index (χ4n) is 2.45. The molecule has 0 atom stereocenters. The van der Waals surface area contributed by atoms with E-state index in [0.717, 1.165) is 12.3 Å². The van der Waals surface area contributed by atoms with E-state index in [0.29, 0.717) is 16.9 Å². The highest BCUT2D eigenvalue weighted by atomic mass is 32.2. The Morgan fingerprint density at radius 1 is 1.11 bits per heavy atom. The molecule has 0 aliphatic rings. The van der Waals surface area contributed by atoms with E-state index >= 15 is 0 Å². The summed E-state index contributed by atoms with van der Waals surface area (Å²) in [5.41, 5.74) is 0.531. The predicted octanol–water partition coefficient (Wildman–Crippen LogP) is 3.15. The predicted molar refractivity (Wildman–Crippen MR) is 97.4 cm³/mol. The summed E-state index contributed by atoms with van der Waals surface area (Å²) in [6.07, 6.45) is -0.512. The minimum atomic E-state index is -4.48. The molecular weight excluding hydrogens is 395 g/mol. The molecule has 0 spiro atoms. The van der Waals surface area contributed by atoms with Crippen molar-refractivity contribution in [3.63, 3.8) is 0 Å². The van der Waals surface area contributed by atoms with Crippen molar-refractivity contribution in [2.75, 3.05) is 12.4 Å². The fraction of sp³-hybridized carbons (Fsp3) is 0.176. The van der Waals surface area contributed by atoms with Gasteiger partial charge in [0.1, 0.15) is 5.82 Å². The van der Waals surface area contributed by atoms with Crippen LogP contribution in [0.2, 0.25) is 0 Å². The largest absolute Gasteiger partial charge is 0.417 e. The van der Waals surface area contributed by atoms with Gasteiger partial charge in [0, 0.05) is 30.7 Å². The molecule has 2 aromatic heterocycles. The molecule has 11 heteroatoms. The van der Waals surface area contributed by atoms with Crippen molar-refractivity contribution >= 4 is 21.5 Å². The van der Waals surface area contributed by atoms with Gasteiger partial charge >= 0.3 is 6.18 Å². The summed E-state index contributed by atoms with van der Waals surface area (Å²) in [4.78, 5) is 8.03. The number of halogens is 3. The van der Waals surface area contributed by atoms with Gasteiger partial charge in [-0.05, 0) is 37.4 Å². The van der Waals surface area contributed by atoms with E-state index in [9.17, 15) is 21.6 Å². The highest BCUT2D eigenvalue weighted by Gasteiger charge is 2.30. The Labute approximate surface area is 159 Å². The molecule has 0 bridgehead atoms. The van der Waals surface area contributed by atoms with Crippen LogP contribution >= 0.6 is 0 Å². The second-order valence-corrected chi connectivity index (χ2v) is 7.78. The zero-order valence-corrected chi connectivity index (χ0v) is 15.6. The highest BCUT2D eigenvalue weighted by Crippen LogP contribution is 2.33. The first-order chi connectivity index (χ1) is 13.1. The van der Waals surface area contributed by atoms with Gasteiger partial charge in [-0.1, -0.05) is 0 Å². The maximum absolute atomic E-state index is 12.7. The van der Waals surface area contributed by atoms with Gasteiger partial charge in [-0.2, -0.15) is 13.2 Å². The molecule has 28 heavy (non-hydrogen) atoms. The highest BCUT2D eigenvalue weighted by molar-refractivity contribution is 7.89. The van der Waals surface area contributed by atoms with E-state index in [4.69, 9.17) is 0 Å². The van der Waals surface area contributed by atoms with Crippen LogP contribution in [0.15, 0.2) is 53.9 Å². The Morgan fingerprint density at radius 2 is 1.86 bits per heavy atom. The minimum Gasteiger partial charge on any atom is -0.340 e. The summed E-state index contributed by atoms with van der Waals surface area (Å²) in [6, 6.07) is 6.43. The summed E-state index contributed by atoms with van der Waals surface area (Å²) in [6.45, 7) is 0. The number of aryl methyl sites for hydroxylation is 1. The molecule has 7 nitrogen and oxygen atoms in total. The molecule has 0 radical (unpaired) electrons. The van der Waals surface area contributed by atoms with Gasteiger partial charge in [-0.3, -0.25) is 0 Å². The molecule has 3 aromatic rings. The quantitative estimate of drug-likeness (QED) is 0.673. The minimum absolute atomic E-state index is 0.0292. The number of aromatic nitrogens is 3. The van der Waals surface area contributed by atoms with E-state index in [1.807, 2.05) is 0 Å². The van der Waals surface area contributed by atoms with Crippen molar-refractivity contribution in [3.05, 3.63) is 54.6 Å². The van der Waals surface area contributed by atoms with Crippen LogP contribution in [0, 0.1) is 0 Å². The molecule has 0 aliphatic heterocycles. The third-order valence-electron chi connectivity index (χ3n) is 3.90. The van der Waals surface area contributed by atoms with E-state index in [1.165, 1.54) is 31.3 Å². The van der Waals surface area contributed by atoms with Crippen molar-refractivity contribution in [2.45, 2.75) is 11.1 Å². The maximum atomic E-state index is 12.7. The average molecular weight is 411 g/mol. The van der Waals surface area contributed by atoms with Crippen LogP contribution in [0.5, 0.6) is 0 Å². The lowest BCUT2D eigenvalue weighted by atomic mass is 10.1. The fourth-order valence-corrected chi connectivity index (χ4v) is 3.21. The van der Waals surface area contributed by atoms with Crippen molar-refractivity contribution in [1.82, 2.24) is 19.3 Å². The Hall–Kier alpha value is -2.92. The summed E-state index contributed by atoms with van der Waals surface area (Å²) >= 11 is 0. The molecule has 0 unspecified atom stereocenters. The number of alkyl halides is 3. The summed E-state index contributed by atoms with van der Waals surface area (Å²) in [5.74, 6) is 0.175. The molecule has 0 aliphatic carbocycles. The lowest BCUT2D eigenvalue weighted by molar-refractivity contribution is -0.137. The van der Waals surface area contributed by atoms with Gasteiger partial charge in [0.2, 0.25) is 10.0 Å². The molecule has 2 heterocycles. The number of rotatable bonds is 5. The molecular formula is C17H16F3N5O2S. The number of imidazole rings is 1. The molecule has 0 saturated heterocycles. The number of nitrogens with one attached hydrogen (secondary N) is 2. The van der Waals surface area contributed by atoms with Crippen LogP contribution in [0.3, 0.4) is 0 Å². The first kappa shape index (κ1) is 19.8. The molecule has 148 valence electrons. The molecule has 2 N–H and O–H groups in total. The van der Waals surface area contributed by atoms with Crippen molar-refractivity contribution < 1.29 is 21.6 Å². The van der Waals surface area contributed by atoms with Gasteiger partial charge in [-0.25, -0.2) is 23.1 Å². The Morgan fingerprint density at radius 3 is 2.39 bits per heavy atom. The van der Waals surface area contributed by atoms with Crippen LogP contribution in [-0.4, -0.2) is 30.0 Å². The second kappa shape index (κ2) is 7.24. The number of sulfonamides is 1. The third kappa shape index (κ3) is 4.15. The number of benzene rings is 1. The SMILES string of the molecule is CNS(=O)(=O)c1ccc(Nc2ccc(C(F)(F)F)cn2)c(-c2cn(C)cn2)c1. The van der Waals surface area contributed by atoms with Gasteiger partial charge in [-0.15, -0.1) is 0 Å². The monoisotopic (exact) mass is 411 g/mol. The van der Waals surface area contributed by atoms with Gasteiger partial charge in [0.25, 0.3) is 0 Å². The van der Waals surface area contributed by atoms with Crippen molar-refractivity contribution in [1.29, 1.82) is 0 Å². The van der Waals surface area contributed by atoms with Crippen LogP contribution in [-0.2, 0) is 23.2 Å². The van der Waals surface area contributed by atoms with Crippen molar-refractivity contribution in [3.8, 4) is 11.3 Å². The zero-order valence-electron chi connectivity index (χ0n) is 14.8. The molecule has 1 aromatic carbocycles. The summed E-state index contributed by atoms with van der Waals surface area (Å²) < 4.78 is 66.2.